The summed E-state index contributed by atoms with van der Waals surface area (Å²) >= 11 is 0. The quantitative estimate of drug-likeness (QED) is 0.716. The first-order valence-electron chi connectivity index (χ1n) is 10.3. The van der Waals surface area contributed by atoms with Crippen LogP contribution in [0.15, 0.2) is 36.5 Å². The average molecular weight is 439 g/mol. The lowest BCUT2D eigenvalue weighted by molar-refractivity contribution is -0.274. The van der Waals surface area contributed by atoms with Crippen LogP contribution in [0.3, 0.4) is 0 Å². The zero-order valence-corrected chi connectivity index (χ0v) is 17.9. The molecule has 1 atom stereocenters. The van der Waals surface area contributed by atoms with Gasteiger partial charge in [-0.25, -0.2) is 4.68 Å². The zero-order chi connectivity index (χ0) is 22.6. The lowest BCUT2D eigenvalue weighted by Crippen LogP contribution is -2.52. The third-order valence-electron chi connectivity index (χ3n) is 5.31. The number of hydrogen-bond donors (Lipinski definition) is 1. The molecule has 0 bridgehead atoms. The Morgan fingerprint density at radius 1 is 1.10 bits per heavy atom. The number of benzene rings is 1. The number of anilines is 1. The maximum atomic E-state index is 12.7. The Morgan fingerprint density at radius 3 is 2.32 bits per heavy atom. The normalized spacial score (nSPS) is 17.0. The van der Waals surface area contributed by atoms with E-state index < -0.39 is 6.36 Å². The van der Waals surface area contributed by atoms with Crippen LogP contribution in [-0.2, 0) is 11.3 Å². The van der Waals surface area contributed by atoms with E-state index in [2.05, 4.69) is 25.0 Å². The van der Waals surface area contributed by atoms with E-state index in [1.54, 1.807) is 29.1 Å². The van der Waals surface area contributed by atoms with Crippen molar-refractivity contribution in [3.8, 4) is 5.75 Å². The fourth-order valence-corrected chi connectivity index (χ4v) is 3.58. The lowest BCUT2D eigenvalue weighted by Gasteiger charge is -2.37. The van der Waals surface area contributed by atoms with Gasteiger partial charge in [0.1, 0.15) is 11.6 Å². The van der Waals surface area contributed by atoms with E-state index in [9.17, 15) is 18.0 Å². The Hall–Kier alpha value is -2.59. The highest BCUT2D eigenvalue weighted by Crippen LogP contribution is 2.23. The summed E-state index contributed by atoms with van der Waals surface area (Å²) in [6.45, 7) is 9.52. The van der Waals surface area contributed by atoms with Crippen molar-refractivity contribution < 1.29 is 22.7 Å². The summed E-state index contributed by atoms with van der Waals surface area (Å²) < 4.78 is 42.5. The zero-order valence-electron chi connectivity index (χ0n) is 17.9. The Bertz CT molecular complexity index is 859. The van der Waals surface area contributed by atoms with E-state index in [1.807, 2.05) is 20.8 Å². The molecule has 0 saturated carbocycles. The molecule has 170 valence electrons. The second kappa shape index (κ2) is 9.69. The van der Waals surface area contributed by atoms with Gasteiger partial charge >= 0.3 is 6.36 Å². The highest BCUT2D eigenvalue weighted by atomic mass is 19.4. The van der Waals surface area contributed by atoms with Gasteiger partial charge in [0.15, 0.2) is 0 Å². The van der Waals surface area contributed by atoms with E-state index in [-0.39, 0.29) is 23.7 Å². The van der Waals surface area contributed by atoms with Gasteiger partial charge in [0.25, 0.3) is 0 Å². The topological polar surface area (TPSA) is 62.6 Å². The number of hydrogen-bond acceptors (Lipinski definition) is 5. The Balaban J connectivity index is 1.47. The average Bonchev–Trinajstić information content (AvgIpc) is 3.17. The van der Waals surface area contributed by atoms with Gasteiger partial charge in [0, 0.05) is 44.8 Å². The molecule has 1 aliphatic rings. The summed E-state index contributed by atoms with van der Waals surface area (Å²) in [5.74, 6) is 0.388. The molecule has 1 fully saturated rings. The Kier molecular flexibility index (Phi) is 7.22. The van der Waals surface area contributed by atoms with Gasteiger partial charge in [-0.1, -0.05) is 12.1 Å². The monoisotopic (exact) mass is 439 g/mol. The summed E-state index contributed by atoms with van der Waals surface area (Å²) in [7, 11) is 0. The molecule has 1 unspecified atom stereocenters. The molecular formula is C21H28F3N5O2. The van der Waals surface area contributed by atoms with Crippen LogP contribution < -0.4 is 10.1 Å². The van der Waals surface area contributed by atoms with Crippen LogP contribution in [0.1, 0.15) is 32.4 Å². The van der Waals surface area contributed by atoms with E-state index >= 15 is 0 Å². The molecule has 1 aliphatic heterocycles. The fraction of sp³-hybridized carbons (Fsp3) is 0.524. The van der Waals surface area contributed by atoms with E-state index in [0.717, 1.165) is 31.7 Å². The van der Waals surface area contributed by atoms with Crippen LogP contribution in [-0.4, -0.2) is 64.1 Å². The van der Waals surface area contributed by atoms with Crippen LogP contribution in [0.2, 0.25) is 0 Å². The molecule has 7 nitrogen and oxygen atoms in total. The summed E-state index contributed by atoms with van der Waals surface area (Å²) in [5, 5.41) is 7.19. The van der Waals surface area contributed by atoms with Crippen molar-refractivity contribution in [3.05, 3.63) is 42.1 Å². The predicted octanol–water partition coefficient (Wildman–Crippen LogP) is 3.51. The molecule has 1 aromatic heterocycles. The predicted molar refractivity (Wildman–Crippen MR) is 111 cm³/mol. The number of rotatable bonds is 7. The maximum absolute atomic E-state index is 12.7. The molecular weight excluding hydrogens is 411 g/mol. The first-order valence-corrected chi connectivity index (χ1v) is 10.3. The third kappa shape index (κ3) is 6.44. The Labute approximate surface area is 179 Å². The lowest BCUT2D eigenvalue weighted by atomic mass is 10.1. The van der Waals surface area contributed by atoms with Crippen LogP contribution in [0, 0.1) is 0 Å². The molecule has 1 amide bonds. The molecule has 2 heterocycles. The standard InChI is InChI=1S/C21H28F3N5O2/c1-15(2)29-19(8-9-25-29)26-20(30)16(3)28-12-10-27(11-13-28)14-17-4-6-18(7-5-17)31-21(22,23)24/h4-9,15-16H,10-14H2,1-3H3,(H,26,30). The van der Waals surface area contributed by atoms with Crippen molar-refractivity contribution in [3.63, 3.8) is 0 Å². The first kappa shape index (κ1) is 23.1. The van der Waals surface area contributed by atoms with E-state index in [0.29, 0.717) is 12.4 Å². The molecule has 1 N–H and O–H groups in total. The smallest absolute Gasteiger partial charge is 0.406 e. The molecule has 31 heavy (non-hydrogen) atoms. The number of nitrogens with zero attached hydrogens (tertiary/aromatic N) is 4. The third-order valence-corrected chi connectivity index (χ3v) is 5.31. The maximum Gasteiger partial charge on any atom is 0.573 e. The Morgan fingerprint density at radius 2 is 1.74 bits per heavy atom. The fourth-order valence-electron chi connectivity index (χ4n) is 3.58. The molecule has 1 saturated heterocycles. The number of carbonyl (C=O) groups is 1. The second-order valence-corrected chi connectivity index (χ2v) is 7.92. The summed E-state index contributed by atoms with van der Waals surface area (Å²) in [6.07, 6.45) is -3.02. The number of aromatic nitrogens is 2. The number of alkyl halides is 3. The van der Waals surface area contributed by atoms with Gasteiger partial charge in [0.05, 0.1) is 12.2 Å². The van der Waals surface area contributed by atoms with Crippen molar-refractivity contribution >= 4 is 11.7 Å². The highest BCUT2D eigenvalue weighted by Gasteiger charge is 2.31. The van der Waals surface area contributed by atoms with Crippen molar-refractivity contribution in [2.24, 2.45) is 0 Å². The highest BCUT2D eigenvalue weighted by molar-refractivity contribution is 5.93. The molecule has 0 spiro atoms. The molecule has 2 aromatic rings. The van der Waals surface area contributed by atoms with Crippen LogP contribution in [0.5, 0.6) is 5.75 Å². The van der Waals surface area contributed by atoms with Gasteiger partial charge in [-0.05, 0) is 38.5 Å². The molecule has 10 heteroatoms. The van der Waals surface area contributed by atoms with Crippen molar-refractivity contribution in [1.82, 2.24) is 19.6 Å². The second-order valence-electron chi connectivity index (χ2n) is 7.92. The first-order chi connectivity index (χ1) is 14.6. The molecule has 0 radical (unpaired) electrons. The number of amides is 1. The number of halogens is 3. The van der Waals surface area contributed by atoms with E-state index in [1.165, 1.54) is 12.1 Å². The number of carbonyl (C=O) groups excluding carboxylic acids is 1. The van der Waals surface area contributed by atoms with Crippen LogP contribution in [0.25, 0.3) is 0 Å². The van der Waals surface area contributed by atoms with Crippen molar-refractivity contribution in [2.45, 2.75) is 45.8 Å². The minimum atomic E-state index is -4.69. The minimum absolute atomic E-state index is 0.0731. The summed E-state index contributed by atoms with van der Waals surface area (Å²) in [4.78, 5) is 17.0. The number of piperazine rings is 1. The van der Waals surface area contributed by atoms with Crippen LogP contribution in [0.4, 0.5) is 19.0 Å². The summed E-state index contributed by atoms with van der Waals surface area (Å²) in [6, 6.07) is 7.59. The van der Waals surface area contributed by atoms with Crippen LogP contribution >= 0.6 is 0 Å². The molecule has 1 aromatic carbocycles. The van der Waals surface area contributed by atoms with Gasteiger partial charge in [-0.15, -0.1) is 13.2 Å². The van der Waals surface area contributed by atoms with Gasteiger partial charge in [0.2, 0.25) is 5.91 Å². The van der Waals surface area contributed by atoms with Gasteiger partial charge in [-0.2, -0.15) is 5.10 Å². The molecule has 0 aliphatic carbocycles. The van der Waals surface area contributed by atoms with E-state index in [4.69, 9.17) is 0 Å². The SMILES string of the molecule is CC(C(=O)Nc1ccnn1C(C)C)N1CCN(Cc2ccc(OC(F)(F)F)cc2)CC1. The number of ether oxygens (including phenoxy) is 1. The van der Waals surface area contributed by atoms with Crippen molar-refractivity contribution in [2.75, 3.05) is 31.5 Å². The number of nitrogens with one attached hydrogen (secondary N) is 1. The van der Waals surface area contributed by atoms with Crippen molar-refractivity contribution in [1.29, 1.82) is 0 Å². The summed E-state index contributed by atoms with van der Waals surface area (Å²) in [5.41, 5.74) is 0.913. The largest absolute Gasteiger partial charge is 0.573 e. The van der Waals surface area contributed by atoms with Gasteiger partial charge < -0.3 is 10.1 Å². The van der Waals surface area contributed by atoms with Gasteiger partial charge in [-0.3, -0.25) is 14.6 Å². The minimum Gasteiger partial charge on any atom is -0.406 e. The molecule has 3 rings (SSSR count).